The molecule has 2 N–H and O–H groups in total. The van der Waals surface area contributed by atoms with E-state index in [4.69, 9.17) is 11.6 Å². The van der Waals surface area contributed by atoms with Crippen LogP contribution in [0.1, 0.15) is 12.8 Å². The van der Waals surface area contributed by atoms with Gasteiger partial charge in [0.05, 0.1) is 25.6 Å². The molecule has 7 nitrogen and oxygen atoms in total. The van der Waals surface area contributed by atoms with Crippen molar-refractivity contribution in [1.29, 1.82) is 0 Å². The lowest BCUT2D eigenvalue weighted by molar-refractivity contribution is -0.141. The molecule has 110 valence electrons. The highest BCUT2D eigenvalue weighted by atomic mass is 35.5. The number of nitrogens with zero attached hydrogens (tertiary/aromatic N) is 2. The average Bonchev–Trinajstić information content (AvgIpc) is 3.23. The van der Waals surface area contributed by atoms with Gasteiger partial charge in [-0.25, -0.2) is 4.68 Å². The van der Waals surface area contributed by atoms with Crippen molar-refractivity contribution in [3.63, 3.8) is 0 Å². The van der Waals surface area contributed by atoms with Gasteiger partial charge in [0.15, 0.2) is 0 Å². The fraction of sp³-hybridized carbons (Fsp3) is 0.583. The van der Waals surface area contributed by atoms with Gasteiger partial charge in [0.2, 0.25) is 0 Å². The summed E-state index contributed by atoms with van der Waals surface area (Å²) in [5.41, 5.74) is -0.266. The van der Waals surface area contributed by atoms with Crippen molar-refractivity contribution in [3.8, 4) is 0 Å². The Morgan fingerprint density at radius 1 is 1.65 bits per heavy atom. The second kappa shape index (κ2) is 5.80. The number of ether oxygens (including phenoxy) is 1. The van der Waals surface area contributed by atoms with E-state index in [9.17, 15) is 14.7 Å². The molecule has 20 heavy (non-hydrogen) atoms. The predicted molar refractivity (Wildman–Crippen MR) is 72.8 cm³/mol. The van der Waals surface area contributed by atoms with E-state index < -0.39 is 11.5 Å². The van der Waals surface area contributed by atoms with E-state index in [1.54, 1.807) is 0 Å². The molecule has 2 rings (SSSR count). The van der Waals surface area contributed by atoms with Gasteiger partial charge in [-0.3, -0.25) is 9.59 Å². The Bertz CT molecular complexity index is 568. The third-order valence-electron chi connectivity index (χ3n) is 3.44. The first-order valence-electron chi connectivity index (χ1n) is 6.18. The van der Waals surface area contributed by atoms with Crippen LogP contribution in [0.5, 0.6) is 0 Å². The molecule has 0 radical (unpaired) electrons. The van der Waals surface area contributed by atoms with Gasteiger partial charge in [0.1, 0.15) is 11.6 Å². The van der Waals surface area contributed by atoms with Crippen LogP contribution in [0, 0.1) is 5.41 Å². The Hall–Kier alpha value is -1.60. The second-order valence-corrected chi connectivity index (χ2v) is 5.30. The zero-order chi connectivity index (χ0) is 14.8. The maximum atomic E-state index is 11.9. The molecule has 0 aromatic carbocycles. The zero-order valence-corrected chi connectivity index (χ0v) is 11.8. The van der Waals surface area contributed by atoms with Crippen molar-refractivity contribution in [1.82, 2.24) is 9.78 Å². The quantitative estimate of drug-likeness (QED) is 0.732. The molecule has 0 bridgehead atoms. The average molecular weight is 302 g/mol. The first-order valence-corrected chi connectivity index (χ1v) is 6.56. The number of aliphatic hydroxyl groups is 1. The van der Waals surface area contributed by atoms with Crippen LogP contribution in [0.2, 0.25) is 5.02 Å². The third-order valence-corrected chi connectivity index (χ3v) is 3.80. The summed E-state index contributed by atoms with van der Waals surface area (Å²) in [5, 5.41) is 16.1. The van der Waals surface area contributed by atoms with E-state index in [1.807, 2.05) is 0 Å². The molecule has 1 saturated carbocycles. The van der Waals surface area contributed by atoms with Gasteiger partial charge in [0.25, 0.3) is 5.56 Å². The normalized spacial score (nSPS) is 15.8. The maximum Gasteiger partial charge on any atom is 0.327 e. The van der Waals surface area contributed by atoms with Crippen LogP contribution in [0.3, 0.4) is 0 Å². The number of anilines is 1. The summed E-state index contributed by atoms with van der Waals surface area (Å²) < 4.78 is 5.41. The highest BCUT2D eigenvalue weighted by Crippen LogP contribution is 2.45. The number of carbonyl (C=O) groups excluding carboxylic acids is 1. The standard InChI is InChI=1S/C12H16ClN3O4/c1-20-9(18)5-16-11(19)10(13)8(4-15-16)14-6-12(7-17)2-3-12/h4,14,17H,2-3,5-7H2,1H3. The van der Waals surface area contributed by atoms with Crippen LogP contribution in [-0.2, 0) is 16.1 Å². The van der Waals surface area contributed by atoms with Crippen molar-refractivity contribution in [2.45, 2.75) is 19.4 Å². The van der Waals surface area contributed by atoms with E-state index in [-0.39, 0.29) is 23.6 Å². The molecule has 0 aliphatic heterocycles. The molecule has 0 unspecified atom stereocenters. The van der Waals surface area contributed by atoms with E-state index in [1.165, 1.54) is 13.3 Å². The molecule has 0 atom stereocenters. The van der Waals surface area contributed by atoms with Gasteiger partial charge >= 0.3 is 5.97 Å². The maximum absolute atomic E-state index is 11.9. The SMILES string of the molecule is COC(=O)Cn1ncc(NCC2(CO)CC2)c(Cl)c1=O. The fourth-order valence-corrected chi connectivity index (χ4v) is 1.95. The molecule has 0 spiro atoms. The lowest BCUT2D eigenvalue weighted by Gasteiger charge is -2.14. The van der Waals surface area contributed by atoms with Gasteiger partial charge in [0, 0.05) is 12.0 Å². The van der Waals surface area contributed by atoms with Crippen LogP contribution in [0.25, 0.3) is 0 Å². The molecule has 1 aliphatic carbocycles. The molecule has 1 aliphatic rings. The van der Waals surface area contributed by atoms with Gasteiger partial charge in [-0.1, -0.05) is 11.6 Å². The second-order valence-electron chi connectivity index (χ2n) is 4.92. The van der Waals surface area contributed by atoms with Crippen LogP contribution < -0.4 is 10.9 Å². The summed E-state index contributed by atoms with van der Waals surface area (Å²) >= 11 is 5.97. The van der Waals surface area contributed by atoms with Gasteiger partial charge < -0.3 is 15.2 Å². The Labute approximate surface area is 120 Å². The summed E-state index contributed by atoms with van der Waals surface area (Å²) in [6.45, 7) is 0.353. The molecular weight excluding hydrogens is 286 g/mol. The molecule has 0 amide bonds. The monoisotopic (exact) mass is 301 g/mol. The number of rotatable bonds is 6. The van der Waals surface area contributed by atoms with Crippen molar-refractivity contribution in [3.05, 3.63) is 21.6 Å². The minimum Gasteiger partial charge on any atom is -0.468 e. The Morgan fingerprint density at radius 3 is 2.90 bits per heavy atom. The summed E-state index contributed by atoms with van der Waals surface area (Å²) in [6.07, 6.45) is 3.28. The van der Waals surface area contributed by atoms with Gasteiger partial charge in [-0.15, -0.1) is 0 Å². The van der Waals surface area contributed by atoms with Gasteiger partial charge in [-0.05, 0) is 12.8 Å². The van der Waals surface area contributed by atoms with E-state index in [0.717, 1.165) is 17.5 Å². The van der Waals surface area contributed by atoms with Crippen molar-refractivity contribution < 1.29 is 14.6 Å². The highest BCUT2D eigenvalue weighted by Gasteiger charge is 2.41. The molecule has 1 aromatic rings. The number of methoxy groups -OCH3 is 1. The summed E-state index contributed by atoms with van der Waals surface area (Å²) in [7, 11) is 1.23. The van der Waals surface area contributed by atoms with Crippen molar-refractivity contribution in [2.24, 2.45) is 5.41 Å². The highest BCUT2D eigenvalue weighted by molar-refractivity contribution is 6.32. The third kappa shape index (κ3) is 3.10. The van der Waals surface area contributed by atoms with Crippen molar-refractivity contribution >= 4 is 23.3 Å². The molecule has 8 heteroatoms. The minimum atomic E-state index is -0.575. The van der Waals surface area contributed by atoms with Crippen LogP contribution in [0.15, 0.2) is 11.0 Å². The number of nitrogens with one attached hydrogen (secondary N) is 1. The van der Waals surface area contributed by atoms with E-state index in [2.05, 4.69) is 15.2 Å². The first-order chi connectivity index (χ1) is 9.51. The van der Waals surface area contributed by atoms with Crippen LogP contribution in [-0.4, -0.2) is 41.1 Å². The first kappa shape index (κ1) is 14.8. The molecule has 1 heterocycles. The number of halogens is 1. The number of hydrogen-bond donors (Lipinski definition) is 2. The smallest absolute Gasteiger partial charge is 0.327 e. The van der Waals surface area contributed by atoms with Gasteiger partial charge in [-0.2, -0.15) is 5.10 Å². The number of hydrogen-bond acceptors (Lipinski definition) is 6. The van der Waals surface area contributed by atoms with Crippen molar-refractivity contribution in [2.75, 3.05) is 25.6 Å². The van der Waals surface area contributed by atoms with Crippen LogP contribution >= 0.6 is 11.6 Å². The van der Waals surface area contributed by atoms with E-state index >= 15 is 0 Å². The number of aromatic nitrogens is 2. The molecule has 1 aromatic heterocycles. The van der Waals surface area contributed by atoms with Crippen LogP contribution in [0.4, 0.5) is 5.69 Å². The number of esters is 1. The fourth-order valence-electron chi connectivity index (χ4n) is 1.74. The number of carbonyl (C=O) groups is 1. The Balaban J connectivity index is 2.10. The summed E-state index contributed by atoms with van der Waals surface area (Å²) in [6, 6.07) is 0. The molecule has 1 fully saturated rings. The topological polar surface area (TPSA) is 93.5 Å². The zero-order valence-electron chi connectivity index (χ0n) is 11.1. The minimum absolute atomic E-state index is 0.0300. The summed E-state index contributed by atoms with van der Waals surface area (Å²) in [4.78, 5) is 23.0. The lowest BCUT2D eigenvalue weighted by atomic mass is 10.1. The molecular formula is C12H16ClN3O4. The Kier molecular flexibility index (Phi) is 4.29. The predicted octanol–water partition coefficient (Wildman–Crippen LogP) is 0.254. The Morgan fingerprint density at radius 2 is 2.35 bits per heavy atom. The molecule has 0 saturated heterocycles. The lowest BCUT2D eigenvalue weighted by Crippen LogP contribution is -2.29. The summed E-state index contributed by atoms with van der Waals surface area (Å²) in [5.74, 6) is -0.575. The number of aliphatic hydroxyl groups excluding tert-OH is 1. The largest absolute Gasteiger partial charge is 0.468 e. The van der Waals surface area contributed by atoms with E-state index in [0.29, 0.717) is 12.2 Å².